The first-order valence-electron chi connectivity index (χ1n) is 10.4. The lowest BCUT2D eigenvalue weighted by atomic mass is 10.0. The summed E-state index contributed by atoms with van der Waals surface area (Å²) in [6.07, 6.45) is 2.19. The van der Waals surface area contributed by atoms with Crippen LogP contribution in [-0.4, -0.2) is 28.0 Å². The first kappa shape index (κ1) is 20.8. The van der Waals surface area contributed by atoms with Crippen LogP contribution < -0.4 is 15.5 Å². The number of aryl methyl sites for hydroxylation is 1. The Morgan fingerprint density at radius 1 is 1.13 bits per heavy atom. The summed E-state index contributed by atoms with van der Waals surface area (Å²) < 4.78 is 5.95. The van der Waals surface area contributed by atoms with Crippen molar-refractivity contribution in [1.29, 1.82) is 0 Å². The largest absolute Gasteiger partial charge is 0.489 e. The Morgan fingerprint density at radius 3 is 2.68 bits per heavy atom. The fraction of sp³-hybridized carbons (Fsp3) is 0.292. The number of hydrogen-bond acceptors (Lipinski definition) is 5. The van der Waals surface area contributed by atoms with Gasteiger partial charge in [0.1, 0.15) is 12.4 Å². The van der Waals surface area contributed by atoms with Crippen molar-refractivity contribution in [1.82, 2.24) is 15.8 Å². The van der Waals surface area contributed by atoms with Crippen LogP contribution in [-0.2, 0) is 11.4 Å². The number of amides is 2. The molecule has 0 saturated heterocycles. The molecule has 0 unspecified atom stereocenters. The van der Waals surface area contributed by atoms with Crippen LogP contribution >= 0.6 is 0 Å². The van der Waals surface area contributed by atoms with Crippen molar-refractivity contribution in [3.8, 4) is 5.75 Å². The Labute approximate surface area is 180 Å². The highest BCUT2D eigenvalue weighted by Gasteiger charge is 2.34. The van der Waals surface area contributed by atoms with Crippen LogP contribution in [0, 0.1) is 12.8 Å². The third kappa shape index (κ3) is 4.67. The van der Waals surface area contributed by atoms with E-state index in [1.807, 2.05) is 37.3 Å². The number of ether oxygens (including phenoxy) is 1. The molecule has 1 fully saturated rings. The van der Waals surface area contributed by atoms with Gasteiger partial charge in [0.15, 0.2) is 0 Å². The number of nitrogens with zero attached hydrogens (tertiary/aromatic N) is 1. The first-order valence-corrected chi connectivity index (χ1v) is 10.4. The van der Waals surface area contributed by atoms with Crippen molar-refractivity contribution in [3.63, 3.8) is 0 Å². The van der Waals surface area contributed by atoms with Gasteiger partial charge in [-0.25, -0.2) is 5.48 Å². The van der Waals surface area contributed by atoms with Gasteiger partial charge in [-0.05, 0) is 56.2 Å². The number of rotatable bonds is 6. The molecule has 1 aliphatic carbocycles. The van der Waals surface area contributed by atoms with Gasteiger partial charge in [-0.3, -0.25) is 19.8 Å². The maximum Gasteiger partial charge on any atom is 0.251 e. The van der Waals surface area contributed by atoms with Gasteiger partial charge in [0.2, 0.25) is 5.91 Å². The lowest BCUT2D eigenvalue weighted by molar-refractivity contribution is -0.133. The maximum atomic E-state index is 12.6. The van der Waals surface area contributed by atoms with Crippen molar-refractivity contribution >= 4 is 22.7 Å². The minimum Gasteiger partial charge on any atom is -0.489 e. The van der Waals surface area contributed by atoms with Gasteiger partial charge in [0.25, 0.3) is 5.91 Å². The van der Waals surface area contributed by atoms with Gasteiger partial charge in [-0.2, -0.15) is 0 Å². The van der Waals surface area contributed by atoms with Crippen LogP contribution in [0.5, 0.6) is 5.75 Å². The smallest absolute Gasteiger partial charge is 0.251 e. The third-order valence-corrected chi connectivity index (χ3v) is 5.72. The van der Waals surface area contributed by atoms with Crippen molar-refractivity contribution in [3.05, 3.63) is 71.4 Å². The van der Waals surface area contributed by atoms with Gasteiger partial charge >= 0.3 is 0 Å². The maximum absolute atomic E-state index is 12.6. The zero-order valence-corrected chi connectivity index (χ0v) is 17.3. The molecule has 31 heavy (non-hydrogen) atoms. The number of aromatic nitrogens is 1. The quantitative estimate of drug-likeness (QED) is 0.419. The predicted molar refractivity (Wildman–Crippen MR) is 116 cm³/mol. The van der Waals surface area contributed by atoms with E-state index in [0.29, 0.717) is 30.8 Å². The van der Waals surface area contributed by atoms with E-state index in [1.165, 1.54) is 0 Å². The summed E-state index contributed by atoms with van der Waals surface area (Å²) in [5, 5.41) is 12.8. The molecule has 2 amide bonds. The van der Waals surface area contributed by atoms with Crippen molar-refractivity contribution in [2.75, 3.05) is 0 Å². The van der Waals surface area contributed by atoms with Gasteiger partial charge in [-0.15, -0.1) is 0 Å². The number of benzene rings is 2. The normalized spacial score (nSPS) is 18.0. The number of hydrogen-bond donors (Lipinski definition) is 3. The highest BCUT2D eigenvalue weighted by Crippen LogP contribution is 2.26. The highest BCUT2D eigenvalue weighted by molar-refractivity contribution is 5.95. The molecule has 1 aromatic heterocycles. The number of para-hydroxylation sites is 1. The molecule has 0 bridgehead atoms. The zero-order chi connectivity index (χ0) is 21.8. The minimum absolute atomic E-state index is 0.245. The molecule has 0 radical (unpaired) electrons. The Morgan fingerprint density at radius 2 is 1.90 bits per heavy atom. The molecule has 0 aliphatic heterocycles. The summed E-state index contributed by atoms with van der Waals surface area (Å²) in [4.78, 5) is 28.9. The number of fused-ring (bicyclic) bond motifs is 1. The molecule has 3 N–H and O–H groups in total. The summed E-state index contributed by atoms with van der Waals surface area (Å²) >= 11 is 0. The highest BCUT2D eigenvalue weighted by atomic mass is 16.5. The topological polar surface area (TPSA) is 101 Å². The number of carbonyl (C=O) groups excluding carboxylic acids is 2. The Bertz CT molecular complexity index is 1100. The molecule has 7 heteroatoms. The molecule has 1 aliphatic rings. The van der Waals surface area contributed by atoms with Gasteiger partial charge < -0.3 is 10.1 Å². The van der Waals surface area contributed by atoms with Crippen LogP contribution in [0.2, 0.25) is 0 Å². The fourth-order valence-electron chi connectivity index (χ4n) is 4.16. The molecule has 1 saturated carbocycles. The van der Waals surface area contributed by atoms with E-state index in [-0.39, 0.29) is 11.9 Å². The lowest BCUT2D eigenvalue weighted by Crippen LogP contribution is -2.43. The summed E-state index contributed by atoms with van der Waals surface area (Å²) in [5.41, 5.74) is 5.11. The van der Waals surface area contributed by atoms with Crippen LogP contribution in [0.4, 0.5) is 0 Å². The fourth-order valence-corrected chi connectivity index (χ4v) is 4.16. The minimum atomic E-state index is -0.453. The van der Waals surface area contributed by atoms with E-state index < -0.39 is 11.8 Å². The SMILES string of the molecule is Cc1cc(COc2ccc(C(=O)N[C@H]3CCC[C@H]3C(=O)NO)cc2)c2ccccc2n1. The predicted octanol–water partition coefficient (Wildman–Crippen LogP) is 3.53. The average molecular weight is 419 g/mol. The Kier molecular flexibility index (Phi) is 6.13. The van der Waals surface area contributed by atoms with E-state index in [1.54, 1.807) is 29.7 Å². The van der Waals surface area contributed by atoms with Crippen LogP contribution in [0.25, 0.3) is 10.9 Å². The molecule has 0 spiro atoms. The lowest BCUT2D eigenvalue weighted by Gasteiger charge is -2.19. The second-order valence-corrected chi connectivity index (χ2v) is 7.85. The Balaban J connectivity index is 1.40. The van der Waals surface area contributed by atoms with Gasteiger partial charge in [0, 0.05) is 28.2 Å². The summed E-state index contributed by atoms with van der Waals surface area (Å²) in [6.45, 7) is 2.36. The number of carbonyl (C=O) groups is 2. The van der Waals surface area contributed by atoms with Crippen LogP contribution in [0.1, 0.15) is 40.9 Å². The van der Waals surface area contributed by atoms with Gasteiger partial charge in [0.05, 0.1) is 11.4 Å². The molecule has 160 valence electrons. The van der Waals surface area contributed by atoms with E-state index in [4.69, 9.17) is 9.94 Å². The molecular formula is C24H25N3O4. The standard InChI is InChI=1S/C24H25N3O4/c1-15-13-17(19-5-2-3-7-21(19)25-15)14-31-18-11-9-16(10-12-18)23(28)26-22-8-4-6-20(22)24(29)27-30/h2-3,5,7,9-13,20,22,30H,4,6,8,14H2,1H3,(H,26,28)(H,27,29)/t20-,22+/m1/s1. The first-order chi connectivity index (χ1) is 15.0. The summed E-state index contributed by atoms with van der Waals surface area (Å²) in [5.74, 6) is -0.445. The number of nitrogens with one attached hydrogen (secondary N) is 2. The summed E-state index contributed by atoms with van der Waals surface area (Å²) in [7, 11) is 0. The molecule has 2 aromatic carbocycles. The number of pyridine rings is 1. The Hall–Kier alpha value is -3.45. The monoisotopic (exact) mass is 419 g/mol. The molecule has 4 rings (SSSR count). The molecular weight excluding hydrogens is 394 g/mol. The third-order valence-electron chi connectivity index (χ3n) is 5.72. The average Bonchev–Trinajstić information content (AvgIpc) is 3.25. The van der Waals surface area contributed by atoms with E-state index in [9.17, 15) is 9.59 Å². The molecule has 2 atom stereocenters. The molecule has 7 nitrogen and oxygen atoms in total. The van der Waals surface area contributed by atoms with Gasteiger partial charge in [-0.1, -0.05) is 24.6 Å². The van der Waals surface area contributed by atoms with Crippen LogP contribution in [0.15, 0.2) is 54.6 Å². The summed E-state index contributed by atoms with van der Waals surface area (Å²) in [6, 6.07) is 16.6. The van der Waals surface area contributed by atoms with E-state index >= 15 is 0 Å². The van der Waals surface area contributed by atoms with Crippen molar-refractivity contribution < 1.29 is 19.5 Å². The second-order valence-electron chi connectivity index (χ2n) is 7.85. The molecule has 1 heterocycles. The van der Waals surface area contributed by atoms with E-state index in [0.717, 1.165) is 28.6 Å². The van der Waals surface area contributed by atoms with Crippen molar-refractivity contribution in [2.45, 2.75) is 38.8 Å². The van der Waals surface area contributed by atoms with Crippen LogP contribution in [0.3, 0.4) is 0 Å². The second kappa shape index (κ2) is 9.14. The number of hydroxylamine groups is 1. The van der Waals surface area contributed by atoms with E-state index in [2.05, 4.69) is 10.3 Å². The zero-order valence-electron chi connectivity index (χ0n) is 17.3. The molecule has 3 aromatic rings. The van der Waals surface area contributed by atoms with Crippen molar-refractivity contribution in [2.24, 2.45) is 5.92 Å².